The maximum Gasteiger partial charge on any atom is 0.324 e. The van der Waals surface area contributed by atoms with E-state index in [4.69, 9.17) is 0 Å². The Labute approximate surface area is 79.2 Å². The molecule has 1 rings (SSSR count). The minimum atomic E-state index is -0.178. The highest BCUT2D eigenvalue weighted by atomic mass is 16.5. The molecule has 0 spiro atoms. The second-order valence-corrected chi connectivity index (χ2v) is 4.15. The fourth-order valence-corrected chi connectivity index (χ4v) is 1.39. The maximum atomic E-state index is 11.2. The number of esters is 1. The second kappa shape index (κ2) is 3.64. The molecule has 0 radical (unpaired) electrons. The lowest BCUT2D eigenvalue weighted by Gasteiger charge is -2.42. The van der Waals surface area contributed by atoms with E-state index in [9.17, 15) is 4.79 Å². The van der Waals surface area contributed by atoms with Crippen LogP contribution in [0.4, 0.5) is 0 Å². The number of nitrogens with one attached hydrogen (secondary N) is 1. The van der Waals surface area contributed by atoms with Gasteiger partial charge in [-0.3, -0.25) is 9.69 Å². The number of piperazine rings is 1. The Morgan fingerprint density at radius 2 is 2.23 bits per heavy atom. The molecule has 0 aromatic rings. The van der Waals surface area contributed by atoms with Gasteiger partial charge in [-0.05, 0) is 20.9 Å². The van der Waals surface area contributed by atoms with Gasteiger partial charge in [0.1, 0.15) is 6.04 Å². The van der Waals surface area contributed by atoms with Gasteiger partial charge < -0.3 is 10.1 Å². The summed E-state index contributed by atoms with van der Waals surface area (Å²) < 4.78 is 4.68. The van der Waals surface area contributed by atoms with Crippen molar-refractivity contribution in [2.75, 3.05) is 27.2 Å². The lowest BCUT2D eigenvalue weighted by Crippen LogP contribution is -2.62. The van der Waals surface area contributed by atoms with E-state index in [2.05, 4.69) is 28.8 Å². The number of methoxy groups -OCH3 is 1. The molecular formula is C9H18N2O2. The third kappa shape index (κ3) is 2.19. The maximum absolute atomic E-state index is 11.2. The molecule has 0 aromatic heterocycles. The van der Waals surface area contributed by atoms with Crippen LogP contribution >= 0.6 is 0 Å². The average Bonchev–Trinajstić information content (AvgIpc) is 2.08. The predicted molar refractivity (Wildman–Crippen MR) is 50.5 cm³/mol. The first kappa shape index (κ1) is 10.5. The number of carbonyl (C=O) groups is 1. The Kier molecular flexibility index (Phi) is 2.93. The highest BCUT2D eigenvalue weighted by Crippen LogP contribution is 2.16. The van der Waals surface area contributed by atoms with E-state index in [1.165, 1.54) is 7.11 Å². The molecule has 1 unspecified atom stereocenters. The molecule has 13 heavy (non-hydrogen) atoms. The lowest BCUT2D eigenvalue weighted by molar-refractivity contribution is -0.145. The van der Waals surface area contributed by atoms with Gasteiger partial charge in [0.2, 0.25) is 0 Å². The number of ether oxygens (including phenoxy) is 1. The van der Waals surface area contributed by atoms with Gasteiger partial charge in [0.15, 0.2) is 0 Å². The molecule has 1 aliphatic rings. The zero-order chi connectivity index (χ0) is 10.1. The number of nitrogens with zero attached hydrogens (tertiary/aromatic N) is 1. The molecule has 1 fully saturated rings. The van der Waals surface area contributed by atoms with E-state index >= 15 is 0 Å². The van der Waals surface area contributed by atoms with Crippen LogP contribution < -0.4 is 5.32 Å². The standard InChI is InChI=1S/C9H18N2O2/c1-9(2)6-10-7(5-11(9)3)8(12)13-4/h7,10H,5-6H2,1-4H3. The zero-order valence-corrected chi connectivity index (χ0v) is 8.76. The summed E-state index contributed by atoms with van der Waals surface area (Å²) in [6, 6.07) is -0.178. The van der Waals surface area contributed by atoms with Gasteiger partial charge in [-0.25, -0.2) is 0 Å². The summed E-state index contributed by atoms with van der Waals surface area (Å²) in [7, 11) is 3.44. The van der Waals surface area contributed by atoms with E-state index in [-0.39, 0.29) is 17.6 Å². The molecule has 0 aromatic carbocycles. The van der Waals surface area contributed by atoms with Crippen molar-refractivity contribution >= 4 is 5.97 Å². The van der Waals surface area contributed by atoms with Crippen LogP contribution in [-0.2, 0) is 9.53 Å². The number of rotatable bonds is 1. The molecular weight excluding hydrogens is 168 g/mol. The quantitative estimate of drug-likeness (QED) is 0.578. The summed E-state index contributed by atoms with van der Waals surface area (Å²) in [6.07, 6.45) is 0. The van der Waals surface area contributed by atoms with Crippen LogP contribution in [-0.4, -0.2) is 49.7 Å². The summed E-state index contributed by atoms with van der Waals surface area (Å²) in [6.45, 7) is 5.81. The predicted octanol–water partition coefficient (Wildman–Crippen LogP) is -0.158. The fraction of sp³-hybridized carbons (Fsp3) is 0.889. The topological polar surface area (TPSA) is 41.6 Å². The Bertz CT molecular complexity index is 204. The van der Waals surface area contributed by atoms with Gasteiger partial charge in [0.25, 0.3) is 0 Å². The Morgan fingerprint density at radius 1 is 1.62 bits per heavy atom. The van der Waals surface area contributed by atoms with Gasteiger partial charge >= 0.3 is 5.97 Å². The molecule has 0 saturated carbocycles. The van der Waals surface area contributed by atoms with E-state index < -0.39 is 0 Å². The molecule has 0 amide bonds. The van der Waals surface area contributed by atoms with Gasteiger partial charge in [-0.1, -0.05) is 0 Å². The lowest BCUT2D eigenvalue weighted by atomic mass is 9.98. The van der Waals surface area contributed by atoms with E-state index in [1.807, 2.05) is 7.05 Å². The monoisotopic (exact) mass is 186 g/mol. The Balaban J connectivity index is 2.56. The van der Waals surface area contributed by atoms with Crippen molar-refractivity contribution in [1.29, 1.82) is 0 Å². The first-order chi connectivity index (χ1) is 5.97. The van der Waals surface area contributed by atoms with Gasteiger partial charge in [0, 0.05) is 18.6 Å². The summed E-state index contributed by atoms with van der Waals surface area (Å²) in [5, 5.41) is 3.17. The number of hydrogen-bond donors (Lipinski definition) is 1. The van der Waals surface area contributed by atoms with Gasteiger partial charge in [-0.15, -0.1) is 0 Å². The van der Waals surface area contributed by atoms with Crippen LogP contribution in [0.15, 0.2) is 0 Å². The SMILES string of the molecule is COC(=O)C1CN(C)C(C)(C)CN1. The van der Waals surface area contributed by atoms with Crippen molar-refractivity contribution in [3.63, 3.8) is 0 Å². The van der Waals surface area contributed by atoms with E-state index in [0.29, 0.717) is 6.54 Å². The molecule has 1 aliphatic heterocycles. The van der Waals surface area contributed by atoms with Crippen LogP contribution in [0.2, 0.25) is 0 Å². The van der Waals surface area contributed by atoms with E-state index in [1.54, 1.807) is 0 Å². The molecule has 1 N–H and O–H groups in total. The first-order valence-electron chi connectivity index (χ1n) is 4.50. The minimum Gasteiger partial charge on any atom is -0.468 e. The molecule has 0 aliphatic carbocycles. The molecule has 1 atom stereocenters. The molecule has 1 saturated heterocycles. The number of hydrogen-bond acceptors (Lipinski definition) is 4. The highest BCUT2D eigenvalue weighted by molar-refractivity contribution is 5.76. The number of likely N-dealkylation sites (N-methyl/N-ethyl adjacent to an activating group) is 1. The zero-order valence-electron chi connectivity index (χ0n) is 8.76. The van der Waals surface area contributed by atoms with Crippen molar-refractivity contribution in [1.82, 2.24) is 10.2 Å². The normalized spacial score (nSPS) is 28.5. The van der Waals surface area contributed by atoms with E-state index in [0.717, 1.165) is 6.54 Å². The third-order valence-corrected chi connectivity index (χ3v) is 2.76. The molecule has 76 valence electrons. The van der Waals surface area contributed by atoms with Crippen molar-refractivity contribution in [3.05, 3.63) is 0 Å². The molecule has 4 heteroatoms. The Morgan fingerprint density at radius 3 is 2.69 bits per heavy atom. The number of carbonyl (C=O) groups excluding carboxylic acids is 1. The molecule has 1 heterocycles. The summed E-state index contributed by atoms with van der Waals surface area (Å²) in [5.74, 6) is -0.178. The fourth-order valence-electron chi connectivity index (χ4n) is 1.39. The van der Waals surface area contributed by atoms with Crippen molar-refractivity contribution in [3.8, 4) is 0 Å². The summed E-state index contributed by atoms with van der Waals surface area (Å²) in [4.78, 5) is 13.4. The van der Waals surface area contributed by atoms with Gasteiger partial charge in [-0.2, -0.15) is 0 Å². The van der Waals surface area contributed by atoms with Crippen molar-refractivity contribution < 1.29 is 9.53 Å². The molecule has 0 bridgehead atoms. The smallest absolute Gasteiger partial charge is 0.324 e. The van der Waals surface area contributed by atoms with Gasteiger partial charge in [0.05, 0.1) is 7.11 Å². The minimum absolute atomic E-state index is 0.116. The van der Waals surface area contributed by atoms with Crippen LogP contribution in [0.5, 0.6) is 0 Å². The average molecular weight is 186 g/mol. The largest absolute Gasteiger partial charge is 0.468 e. The first-order valence-corrected chi connectivity index (χ1v) is 4.50. The summed E-state index contributed by atoms with van der Waals surface area (Å²) in [5.41, 5.74) is 0.116. The summed E-state index contributed by atoms with van der Waals surface area (Å²) >= 11 is 0. The van der Waals surface area contributed by atoms with Crippen molar-refractivity contribution in [2.45, 2.75) is 25.4 Å². The van der Waals surface area contributed by atoms with Crippen LogP contribution in [0.1, 0.15) is 13.8 Å². The van der Waals surface area contributed by atoms with Crippen molar-refractivity contribution in [2.24, 2.45) is 0 Å². The van der Waals surface area contributed by atoms with Crippen LogP contribution in [0.25, 0.3) is 0 Å². The third-order valence-electron chi connectivity index (χ3n) is 2.76. The van der Waals surface area contributed by atoms with Crippen LogP contribution in [0.3, 0.4) is 0 Å². The highest BCUT2D eigenvalue weighted by Gasteiger charge is 2.34. The van der Waals surface area contributed by atoms with Crippen LogP contribution in [0, 0.1) is 0 Å². The Hall–Kier alpha value is -0.610. The molecule has 4 nitrogen and oxygen atoms in total. The second-order valence-electron chi connectivity index (χ2n) is 4.15.